The van der Waals surface area contributed by atoms with Crippen LogP contribution in [0.25, 0.3) is 11.3 Å². The van der Waals surface area contributed by atoms with E-state index in [1.165, 1.54) is 6.07 Å². The summed E-state index contributed by atoms with van der Waals surface area (Å²) in [5, 5.41) is 15.3. The van der Waals surface area contributed by atoms with Crippen LogP contribution in [0.2, 0.25) is 0 Å². The van der Waals surface area contributed by atoms with Crippen molar-refractivity contribution in [2.45, 2.75) is 52.5 Å². The summed E-state index contributed by atoms with van der Waals surface area (Å²) in [5.41, 5.74) is 2.54. The molecule has 0 spiro atoms. The molecule has 178 valence electrons. The number of ether oxygens (including phenoxy) is 2. The number of halogens is 1. The van der Waals surface area contributed by atoms with E-state index in [2.05, 4.69) is 18.7 Å². The van der Waals surface area contributed by atoms with E-state index in [1.54, 1.807) is 29.9 Å². The minimum Gasteiger partial charge on any atom is -0.436 e. The van der Waals surface area contributed by atoms with Gasteiger partial charge in [0.1, 0.15) is 5.69 Å². The second kappa shape index (κ2) is 11.4. The van der Waals surface area contributed by atoms with E-state index in [0.29, 0.717) is 19.0 Å². The summed E-state index contributed by atoms with van der Waals surface area (Å²) in [6, 6.07) is 16.3. The van der Waals surface area contributed by atoms with Crippen molar-refractivity contribution in [3.63, 3.8) is 0 Å². The van der Waals surface area contributed by atoms with Gasteiger partial charge in [-0.05, 0) is 39.8 Å². The number of para-hydroxylation sites is 1. The topological polar surface area (TPSA) is 59.8 Å². The molecule has 0 unspecified atom stereocenters. The van der Waals surface area contributed by atoms with Crippen LogP contribution in [0.15, 0.2) is 54.6 Å². The van der Waals surface area contributed by atoms with Crippen LogP contribution in [0.1, 0.15) is 33.3 Å². The Morgan fingerprint density at radius 3 is 2.33 bits per heavy atom. The van der Waals surface area contributed by atoms with Gasteiger partial charge < -0.3 is 14.6 Å². The molecular weight excluding hydrogens is 421 g/mol. The Morgan fingerprint density at radius 1 is 1.03 bits per heavy atom. The molecule has 0 amide bonds. The van der Waals surface area contributed by atoms with Crippen LogP contribution < -0.4 is 4.74 Å². The zero-order valence-electron chi connectivity index (χ0n) is 20.0. The van der Waals surface area contributed by atoms with Gasteiger partial charge in [0, 0.05) is 31.7 Å². The Labute approximate surface area is 195 Å². The average molecular weight is 456 g/mol. The van der Waals surface area contributed by atoms with Crippen molar-refractivity contribution in [1.29, 1.82) is 0 Å². The maximum Gasteiger partial charge on any atom is 0.222 e. The third-order valence-corrected chi connectivity index (χ3v) is 5.34. The molecule has 33 heavy (non-hydrogen) atoms. The number of aromatic nitrogens is 2. The van der Waals surface area contributed by atoms with Crippen molar-refractivity contribution in [2.24, 2.45) is 7.05 Å². The largest absolute Gasteiger partial charge is 0.436 e. The van der Waals surface area contributed by atoms with Crippen molar-refractivity contribution < 1.29 is 19.0 Å². The van der Waals surface area contributed by atoms with Gasteiger partial charge in [0.2, 0.25) is 5.88 Å². The normalized spacial score (nSPS) is 12.7. The highest BCUT2D eigenvalue weighted by atomic mass is 19.1. The molecule has 0 saturated carbocycles. The lowest BCUT2D eigenvalue weighted by atomic mass is 10.1. The first-order valence-corrected chi connectivity index (χ1v) is 11.3. The second-order valence-corrected chi connectivity index (χ2v) is 8.71. The molecule has 0 aliphatic carbocycles. The van der Waals surface area contributed by atoms with E-state index in [-0.39, 0.29) is 24.5 Å². The lowest BCUT2D eigenvalue weighted by molar-refractivity contribution is -0.0137. The SMILES string of the molecule is CC(C)OC[C@@H](O)CN(Cc1c(-c2ccccc2)nn(C)c1Oc1ccccc1F)C(C)C. The molecule has 3 rings (SSSR count). The predicted molar refractivity (Wildman–Crippen MR) is 128 cm³/mol. The van der Waals surface area contributed by atoms with Gasteiger partial charge in [-0.15, -0.1) is 0 Å². The summed E-state index contributed by atoms with van der Waals surface area (Å²) in [6.45, 7) is 9.20. The van der Waals surface area contributed by atoms with Gasteiger partial charge in [0.25, 0.3) is 0 Å². The first kappa shape index (κ1) is 24.9. The average Bonchev–Trinajstić information content (AvgIpc) is 3.09. The van der Waals surface area contributed by atoms with Crippen LogP contribution in [-0.4, -0.2) is 51.2 Å². The van der Waals surface area contributed by atoms with Gasteiger partial charge >= 0.3 is 0 Å². The first-order chi connectivity index (χ1) is 15.8. The summed E-state index contributed by atoms with van der Waals surface area (Å²) < 4.78 is 27.6. The van der Waals surface area contributed by atoms with Gasteiger partial charge in [0.05, 0.1) is 24.4 Å². The maximum atomic E-state index is 14.4. The summed E-state index contributed by atoms with van der Waals surface area (Å²) >= 11 is 0. The summed E-state index contributed by atoms with van der Waals surface area (Å²) in [6.07, 6.45) is -0.585. The number of nitrogens with zero attached hydrogens (tertiary/aromatic N) is 3. The number of aliphatic hydroxyl groups excluding tert-OH is 1. The molecule has 6 nitrogen and oxygen atoms in total. The Balaban J connectivity index is 1.97. The number of benzene rings is 2. The zero-order chi connectivity index (χ0) is 24.0. The van der Waals surface area contributed by atoms with E-state index >= 15 is 0 Å². The van der Waals surface area contributed by atoms with Crippen LogP contribution >= 0.6 is 0 Å². The monoisotopic (exact) mass is 455 g/mol. The van der Waals surface area contributed by atoms with Gasteiger partial charge in [-0.25, -0.2) is 9.07 Å². The van der Waals surface area contributed by atoms with Crippen LogP contribution in [0.5, 0.6) is 11.6 Å². The van der Waals surface area contributed by atoms with Crippen molar-refractivity contribution in [3.05, 3.63) is 66.0 Å². The maximum absolute atomic E-state index is 14.4. The molecule has 7 heteroatoms. The molecule has 1 heterocycles. The quantitative estimate of drug-likeness (QED) is 0.440. The van der Waals surface area contributed by atoms with Crippen molar-refractivity contribution >= 4 is 0 Å². The molecule has 3 aromatic rings. The zero-order valence-corrected chi connectivity index (χ0v) is 20.0. The highest BCUT2D eigenvalue weighted by Crippen LogP contribution is 2.35. The van der Waals surface area contributed by atoms with E-state index in [4.69, 9.17) is 14.6 Å². The van der Waals surface area contributed by atoms with E-state index in [9.17, 15) is 9.50 Å². The molecule has 1 aromatic heterocycles. The van der Waals surface area contributed by atoms with Crippen LogP contribution in [0, 0.1) is 5.82 Å². The number of hydrogen-bond acceptors (Lipinski definition) is 5. The van der Waals surface area contributed by atoms with E-state index < -0.39 is 11.9 Å². The fourth-order valence-corrected chi connectivity index (χ4v) is 3.57. The highest BCUT2D eigenvalue weighted by molar-refractivity contribution is 5.65. The van der Waals surface area contributed by atoms with Gasteiger partial charge in [-0.2, -0.15) is 5.10 Å². The number of aryl methyl sites for hydroxylation is 1. The van der Waals surface area contributed by atoms with E-state index in [1.807, 2.05) is 44.2 Å². The molecule has 2 aromatic carbocycles. The Hall–Kier alpha value is -2.74. The van der Waals surface area contributed by atoms with Crippen molar-refractivity contribution in [3.8, 4) is 22.9 Å². The Morgan fingerprint density at radius 2 is 1.70 bits per heavy atom. The minimum absolute atomic E-state index is 0.0518. The van der Waals surface area contributed by atoms with Crippen LogP contribution in [0.3, 0.4) is 0 Å². The van der Waals surface area contributed by atoms with Crippen molar-refractivity contribution in [2.75, 3.05) is 13.2 Å². The molecular formula is C26H34FN3O3. The molecule has 0 radical (unpaired) electrons. The summed E-state index contributed by atoms with van der Waals surface area (Å²) in [5.74, 6) is 0.174. The molecule has 0 aliphatic heterocycles. The number of aliphatic hydroxyl groups is 1. The lowest BCUT2D eigenvalue weighted by Crippen LogP contribution is -2.39. The fourth-order valence-electron chi connectivity index (χ4n) is 3.57. The molecule has 0 aliphatic rings. The number of hydrogen-bond donors (Lipinski definition) is 1. The second-order valence-electron chi connectivity index (χ2n) is 8.71. The van der Waals surface area contributed by atoms with Crippen LogP contribution in [-0.2, 0) is 18.3 Å². The van der Waals surface area contributed by atoms with E-state index in [0.717, 1.165) is 16.8 Å². The van der Waals surface area contributed by atoms with Crippen molar-refractivity contribution in [1.82, 2.24) is 14.7 Å². The van der Waals surface area contributed by atoms with Crippen LogP contribution in [0.4, 0.5) is 4.39 Å². The fraction of sp³-hybridized carbons (Fsp3) is 0.423. The van der Waals surface area contributed by atoms with Gasteiger partial charge in [-0.1, -0.05) is 42.5 Å². The first-order valence-electron chi connectivity index (χ1n) is 11.3. The molecule has 0 saturated heterocycles. The molecule has 0 fully saturated rings. The lowest BCUT2D eigenvalue weighted by Gasteiger charge is -2.29. The van der Waals surface area contributed by atoms with Gasteiger partial charge in [0.15, 0.2) is 11.6 Å². The summed E-state index contributed by atoms with van der Waals surface area (Å²) in [7, 11) is 1.79. The number of rotatable bonds is 11. The third kappa shape index (κ3) is 6.63. The molecule has 1 atom stereocenters. The summed E-state index contributed by atoms with van der Waals surface area (Å²) in [4.78, 5) is 2.14. The Kier molecular flexibility index (Phi) is 8.61. The third-order valence-electron chi connectivity index (χ3n) is 5.34. The smallest absolute Gasteiger partial charge is 0.222 e. The molecule has 1 N–H and O–H groups in total. The predicted octanol–water partition coefficient (Wildman–Crippen LogP) is 5.01. The minimum atomic E-state index is -0.636. The Bertz CT molecular complexity index is 1020. The highest BCUT2D eigenvalue weighted by Gasteiger charge is 2.25. The standard InChI is InChI=1S/C26H34FN3O3/c1-18(2)30(15-21(31)17-32-19(3)4)16-22-25(20-11-7-6-8-12-20)28-29(5)26(22)33-24-14-10-9-13-23(24)27/h6-14,18-19,21,31H,15-17H2,1-5H3/t21-/m0/s1. The molecule has 0 bridgehead atoms. The van der Waals surface area contributed by atoms with Gasteiger partial charge in [-0.3, -0.25) is 4.90 Å².